The molecule has 0 spiro atoms. The van der Waals surface area contributed by atoms with Crippen LogP contribution in [0.2, 0.25) is 0 Å². The average molecular weight is 145 g/mol. The first-order valence-corrected chi connectivity index (χ1v) is 3.72. The Bertz CT molecular complexity index is 121. The summed E-state index contributed by atoms with van der Waals surface area (Å²) in [6, 6.07) is 0. The highest BCUT2D eigenvalue weighted by molar-refractivity contribution is 5.65. The first-order valence-electron chi connectivity index (χ1n) is 3.72. The zero-order valence-corrected chi connectivity index (χ0v) is 5.90. The Balaban J connectivity index is 2.07. The molecule has 1 aliphatic carbocycles. The van der Waals surface area contributed by atoms with Crippen molar-refractivity contribution in [3.63, 3.8) is 0 Å². The molecule has 3 heteroatoms. The molecule has 0 unspecified atom stereocenters. The van der Waals surface area contributed by atoms with Crippen molar-refractivity contribution >= 4 is 6.16 Å². The van der Waals surface area contributed by atoms with Crippen LogP contribution in [0.5, 0.6) is 0 Å². The van der Waals surface area contributed by atoms with Crippen LogP contribution in [0.4, 0.5) is 9.18 Å². The summed E-state index contributed by atoms with van der Waals surface area (Å²) in [5.41, 5.74) is 0. The Morgan fingerprint density at radius 3 is 2.60 bits per heavy atom. The van der Waals surface area contributed by atoms with Crippen LogP contribution in [0.15, 0.2) is 0 Å². The van der Waals surface area contributed by atoms with Gasteiger partial charge >= 0.3 is 6.16 Å². The Hall–Kier alpha value is -0.600. The van der Waals surface area contributed by atoms with E-state index in [1.807, 2.05) is 0 Å². The molecule has 0 aromatic carbocycles. The van der Waals surface area contributed by atoms with E-state index in [-0.39, 0.29) is 0 Å². The lowest BCUT2D eigenvalue weighted by molar-refractivity contribution is 0.219. The Labute approximate surface area is 59.8 Å². The molecule has 10 heavy (non-hydrogen) atoms. The van der Waals surface area contributed by atoms with E-state index in [9.17, 15) is 9.18 Å². The fourth-order valence-corrected chi connectivity index (χ4v) is 1.44. The third-order valence-electron chi connectivity index (χ3n) is 2.00. The van der Waals surface area contributed by atoms with Crippen LogP contribution in [0.1, 0.15) is 25.7 Å². The highest BCUT2D eigenvalue weighted by Crippen LogP contribution is 2.23. The predicted octanol–water partition coefficient (Wildman–Crippen LogP) is 1.86. The number of carbonyl (C=O) groups excluding carboxylic acids is 1. The van der Waals surface area contributed by atoms with Gasteiger partial charge in [0.1, 0.15) is 0 Å². The number of amides is 1. The lowest BCUT2D eigenvalue weighted by Gasteiger charge is -2.06. The highest BCUT2D eigenvalue weighted by Gasteiger charge is 2.14. The summed E-state index contributed by atoms with van der Waals surface area (Å²) in [7, 11) is 0. The quantitative estimate of drug-likeness (QED) is 0.466. The molecule has 1 N–H and O–H groups in total. The molecule has 0 aliphatic heterocycles. The van der Waals surface area contributed by atoms with Crippen molar-refractivity contribution in [2.24, 2.45) is 5.92 Å². The average Bonchev–Trinajstić information content (AvgIpc) is 2.34. The second-order valence-corrected chi connectivity index (χ2v) is 2.81. The van der Waals surface area contributed by atoms with Gasteiger partial charge in [0.05, 0.1) is 0 Å². The van der Waals surface area contributed by atoms with Crippen molar-refractivity contribution in [2.45, 2.75) is 25.7 Å². The van der Waals surface area contributed by atoms with E-state index in [1.54, 1.807) is 0 Å². The maximum atomic E-state index is 11.6. The van der Waals surface area contributed by atoms with E-state index >= 15 is 0 Å². The summed E-state index contributed by atoms with van der Waals surface area (Å²) in [4.78, 5) is 9.82. The minimum Gasteiger partial charge on any atom is -0.328 e. The zero-order chi connectivity index (χ0) is 7.40. The molecule has 0 radical (unpaired) electrons. The van der Waals surface area contributed by atoms with Gasteiger partial charge in [0, 0.05) is 6.54 Å². The summed E-state index contributed by atoms with van der Waals surface area (Å²) in [6.45, 7) is 0.523. The number of hydrogen-bond donors (Lipinski definition) is 1. The van der Waals surface area contributed by atoms with Gasteiger partial charge in [-0.2, -0.15) is 0 Å². The van der Waals surface area contributed by atoms with E-state index in [0.29, 0.717) is 12.5 Å². The molecule has 1 aliphatic rings. The first-order chi connectivity index (χ1) is 4.79. The van der Waals surface area contributed by atoms with Crippen LogP contribution >= 0.6 is 0 Å². The minimum atomic E-state index is -1.40. The molecular formula is C7H12FNO. The molecule has 1 amide bonds. The number of rotatable bonds is 2. The summed E-state index contributed by atoms with van der Waals surface area (Å²) >= 11 is 0. The van der Waals surface area contributed by atoms with Crippen molar-refractivity contribution < 1.29 is 9.18 Å². The first kappa shape index (κ1) is 7.51. The van der Waals surface area contributed by atoms with Crippen molar-refractivity contribution in [3.05, 3.63) is 0 Å². The smallest absolute Gasteiger partial charge is 0.328 e. The molecular weight excluding hydrogens is 133 g/mol. The van der Waals surface area contributed by atoms with E-state index in [0.717, 1.165) is 12.8 Å². The summed E-state index contributed by atoms with van der Waals surface area (Å²) in [6.07, 6.45) is 3.34. The van der Waals surface area contributed by atoms with Gasteiger partial charge in [0.15, 0.2) is 0 Å². The Kier molecular flexibility index (Phi) is 2.66. The summed E-state index contributed by atoms with van der Waals surface area (Å²) in [5, 5.41) is 2.18. The lowest BCUT2D eigenvalue weighted by Crippen LogP contribution is -2.23. The van der Waals surface area contributed by atoms with Gasteiger partial charge in [-0.25, -0.2) is 4.79 Å². The van der Waals surface area contributed by atoms with Crippen molar-refractivity contribution in [1.29, 1.82) is 0 Å². The molecule has 0 bridgehead atoms. The molecule has 58 valence electrons. The van der Waals surface area contributed by atoms with Gasteiger partial charge in [-0.1, -0.05) is 12.8 Å². The van der Waals surface area contributed by atoms with Gasteiger partial charge < -0.3 is 5.32 Å². The fourth-order valence-electron chi connectivity index (χ4n) is 1.44. The molecule has 0 heterocycles. The molecule has 0 aromatic rings. The Morgan fingerprint density at radius 1 is 1.50 bits per heavy atom. The zero-order valence-electron chi connectivity index (χ0n) is 5.90. The molecule has 0 saturated heterocycles. The van der Waals surface area contributed by atoms with Crippen LogP contribution in [0.3, 0.4) is 0 Å². The van der Waals surface area contributed by atoms with Crippen molar-refractivity contribution in [1.82, 2.24) is 5.32 Å². The van der Waals surface area contributed by atoms with E-state index < -0.39 is 6.16 Å². The number of nitrogens with one attached hydrogen (secondary N) is 1. The van der Waals surface area contributed by atoms with Gasteiger partial charge in [-0.05, 0) is 18.8 Å². The fraction of sp³-hybridized carbons (Fsp3) is 0.857. The van der Waals surface area contributed by atoms with Gasteiger partial charge in [-0.3, -0.25) is 0 Å². The Morgan fingerprint density at radius 2 is 2.10 bits per heavy atom. The van der Waals surface area contributed by atoms with Crippen LogP contribution in [-0.2, 0) is 0 Å². The minimum absolute atomic E-state index is 0.523. The molecule has 1 rings (SSSR count). The third kappa shape index (κ3) is 2.33. The third-order valence-corrected chi connectivity index (χ3v) is 2.00. The van der Waals surface area contributed by atoms with Crippen LogP contribution in [0.25, 0.3) is 0 Å². The monoisotopic (exact) mass is 145 g/mol. The van der Waals surface area contributed by atoms with Crippen molar-refractivity contribution in [2.75, 3.05) is 6.54 Å². The highest BCUT2D eigenvalue weighted by atomic mass is 19.1. The van der Waals surface area contributed by atoms with Gasteiger partial charge in [-0.15, -0.1) is 4.39 Å². The molecule has 1 saturated carbocycles. The number of halogens is 1. The van der Waals surface area contributed by atoms with Gasteiger partial charge in [0.25, 0.3) is 0 Å². The van der Waals surface area contributed by atoms with Crippen molar-refractivity contribution in [3.8, 4) is 0 Å². The van der Waals surface area contributed by atoms with E-state index in [4.69, 9.17) is 0 Å². The maximum Gasteiger partial charge on any atom is 0.397 e. The second kappa shape index (κ2) is 3.54. The molecule has 0 atom stereocenters. The normalized spacial score (nSPS) is 19.3. The largest absolute Gasteiger partial charge is 0.397 e. The SMILES string of the molecule is O=C(F)NCC1CCCC1. The number of carbonyl (C=O) groups is 1. The van der Waals surface area contributed by atoms with Crippen LogP contribution < -0.4 is 5.32 Å². The van der Waals surface area contributed by atoms with Crippen LogP contribution in [0, 0.1) is 5.92 Å². The summed E-state index contributed by atoms with van der Waals surface area (Å²) in [5.74, 6) is 0.527. The topological polar surface area (TPSA) is 29.1 Å². The standard InChI is InChI=1S/C7H12FNO/c8-7(10)9-5-6-3-1-2-4-6/h6H,1-5H2,(H,9,10). The summed E-state index contributed by atoms with van der Waals surface area (Å²) < 4.78 is 11.6. The second-order valence-electron chi connectivity index (χ2n) is 2.81. The van der Waals surface area contributed by atoms with Crippen LogP contribution in [-0.4, -0.2) is 12.7 Å². The molecule has 1 fully saturated rings. The van der Waals surface area contributed by atoms with E-state index in [1.165, 1.54) is 12.8 Å². The lowest BCUT2D eigenvalue weighted by atomic mass is 10.1. The van der Waals surface area contributed by atoms with E-state index in [2.05, 4.69) is 5.32 Å². The maximum absolute atomic E-state index is 11.6. The molecule has 2 nitrogen and oxygen atoms in total. The predicted molar refractivity (Wildman–Crippen MR) is 36.5 cm³/mol. The molecule has 0 aromatic heterocycles. The number of hydrogen-bond acceptors (Lipinski definition) is 1. The van der Waals surface area contributed by atoms with Gasteiger partial charge in [0.2, 0.25) is 0 Å².